The lowest BCUT2D eigenvalue weighted by Crippen LogP contribution is -2.31. The van der Waals surface area contributed by atoms with Gasteiger partial charge in [0.1, 0.15) is 11.3 Å². The number of amides is 1. The largest absolute Gasteiger partial charge is 0.459 e. The first-order valence-corrected chi connectivity index (χ1v) is 8.82. The van der Waals surface area contributed by atoms with Crippen molar-refractivity contribution in [2.45, 2.75) is 25.6 Å². The summed E-state index contributed by atoms with van der Waals surface area (Å²) in [5, 5.41) is 3.55. The second-order valence-corrected chi connectivity index (χ2v) is 6.51. The van der Waals surface area contributed by atoms with Crippen molar-refractivity contribution in [1.82, 2.24) is 5.32 Å². The van der Waals surface area contributed by atoms with E-state index in [1.807, 2.05) is 24.3 Å². The number of ether oxygens (including phenoxy) is 1. The maximum Gasteiger partial charge on any atom is 0.416 e. The molecule has 3 rings (SSSR count). The Morgan fingerprint density at radius 3 is 2.59 bits per heavy atom. The second-order valence-electron chi connectivity index (χ2n) is 6.51. The SMILES string of the molecule is C[C@@H](NC(=O)COC(=O)Cc1cccc(C(F)(F)F)c1)c1cc2ccccc2o1. The van der Waals surface area contributed by atoms with E-state index < -0.39 is 36.3 Å². The number of hydrogen-bond acceptors (Lipinski definition) is 4. The Balaban J connectivity index is 1.50. The van der Waals surface area contributed by atoms with E-state index in [9.17, 15) is 22.8 Å². The quantitative estimate of drug-likeness (QED) is 0.617. The number of esters is 1. The van der Waals surface area contributed by atoms with Gasteiger partial charge in [0.15, 0.2) is 6.61 Å². The van der Waals surface area contributed by atoms with E-state index in [-0.39, 0.29) is 12.0 Å². The number of benzene rings is 2. The van der Waals surface area contributed by atoms with Crippen LogP contribution in [0.5, 0.6) is 0 Å². The van der Waals surface area contributed by atoms with E-state index in [0.717, 1.165) is 17.5 Å². The first-order chi connectivity index (χ1) is 13.7. The number of nitrogens with one attached hydrogen (secondary N) is 1. The molecule has 1 atom stereocenters. The molecule has 1 aromatic heterocycles. The number of fused-ring (bicyclic) bond motifs is 1. The van der Waals surface area contributed by atoms with Gasteiger partial charge in [-0.1, -0.05) is 36.4 Å². The van der Waals surface area contributed by atoms with Crippen LogP contribution in [-0.2, 0) is 26.9 Å². The highest BCUT2D eigenvalue weighted by molar-refractivity contribution is 5.82. The number of alkyl halides is 3. The van der Waals surface area contributed by atoms with E-state index in [2.05, 4.69) is 5.32 Å². The molecule has 5 nitrogen and oxygen atoms in total. The van der Waals surface area contributed by atoms with Gasteiger partial charge in [0, 0.05) is 5.39 Å². The highest BCUT2D eigenvalue weighted by Gasteiger charge is 2.30. The van der Waals surface area contributed by atoms with E-state index in [4.69, 9.17) is 9.15 Å². The zero-order chi connectivity index (χ0) is 21.0. The average Bonchev–Trinajstić information content (AvgIpc) is 3.10. The number of halogens is 3. The minimum Gasteiger partial charge on any atom is -0.459 e. The molecule has 0 aliphatic rings. The standard InChI is InChI=1S/C21H18F3NO4/c1-13(18-11-15-6-2-3-8-17(15)29-18)25-19(26)12-28-20(27)10-14-5-4-7-16(9-14)21(22,23)24/h2-9,11,13H,10,12H2,1H3,(H,25,26)/t13-/m1/s1. The van der Waals surface area contributed by atoms with Crippen molar-refractivity contribution in [1.29, 1.82) is 0 Å². The highest BCUT2D eigenvalue weighted by Crippen LogP contribution is 2.29. The van der Waals surface area contributed by atoms with Crippen molar-refractivity contribution in [3.63, 3.8) is 0 Å². The Hall–Kier alpha value is -3.29. The van der Waals surface area contributed by atoms with Crippen LogP contribution in [0.1, 0.15) is 29.9 Å². The smallest absolute Gasteiger partial charge is 0.416 e. The van der Waals surface area contributed by atoms with E-state index in [0.29, 0.717) is 11.3 Å². The molecule has 1 amide bonds. The van der Waals surface area contributed by atoms with Gasteiger partial charge in [-0.05, 0) is 30.7 Å². The summed E-state index contributed by atoms with van der Waals surface area (Å²) < 4.78 is 48.7. The molecule has 1 N–H and O–H groups in total. The number of para-hydroxylation sites is 1. The number of carbonyl (C=O) groups is 2. The molecular formula is C21H18F3NO4. The normalized spacial score (nSPS) is 12.6. The van der Waals surface area contributed by atoms with Crippen molar-refractivity contribution < 1.29 is 31.9 Å². The number of carbonyl (C=O) groups excluding carboxylic acids is 2. The third-order valence-corrected chi connectivity index (χ3v) is 4.22. The molecule has 8 heteroatoms. The number of furan rings is 1. The molecule has 0 aliphatic carbocycles. The van der Waals surface area contributed by atoms with Crippen molar-refractivity contribution >= 4 is 22.8 Å². The molecule has 2 aromatic carbocycles. The van der Waals surface area contributed by atoms with Crippen LogP contribution in [0.4, 0.5) is 13.2 Å². The average molecular weight is 405 g/mol. The molecule has 0 saturated carbocycles. The lowest BCUT2D eigenvalue weighted by atomic mass is 10.1. The fraction of sp³-hybridized carbons (Fsp3) is 0.238. The molecule has 0 spiro atoms. The molecule has 0 radical (unpaired) electrons. The van der Waals surface area contributed by atoms with Crippen LogP contribution in [0, 0.1) is 0 Å². The van der Waals surface area contributed by atoms with Gasteiger partial charge in [-0.15, -0.1) is 0 Å². The predicted molar refractivity (Wildman–Crippen MR) is 98.9 cm³/mol. The second kappa shape index (κ2) is 8.38. The van der Waals surface area contributed by atoms with Crippen molar-refractivity contribution in [3.8, 4) is 0 Å². The van der Waals surface area contributed by atoms with Crippen LogP contribution < -0.4 is 5.32 Å². The van der Waals surface area contributed by atoms with Crippen molar-refractivity contribution in [3.05, 3.63) is 71.5 Å². The maximum absolute atomic E-state index is 12.7. The summed E-state index contributed by atoms with van der Waals surface area (Å²) in [7, 11) is 0. The topological polar surface area (TPSA) is 68.5 Å². The lowest BCUT2D eigenvalue weighted by Gasteiger charge is -2.12. The Morgan fingerprint density at radius 2 is 1.86 bits per heavy atom. The van der Waals surface area contributed by atoms with Crippen LogP contribution in [-0.4, -0.2) is 18.5 Å². The van der Waals surface area contributed by atoms with Crippen LogP contribution in [0.2, 0.25) is 0 Å². The van der Waals surface area contributed by atoms with E-state index in [1.54, 1.807) is 13.0 Å². The molecule has 0 saturated heterocycles. The molecule has 152 valence electrons. The maximum atomic E-state index is 12.7. The number of rotatable bonds is 6. The zero-order valence-corrected chi connectivity index (χ0v) is 15.5. The summed E-state index contributed by atoms with van der Waals surface area (Å²) in [5.74, 6) is -0.791. The zero-order valence-electron chi connectivity index (χ0n) is 15.5. The monoisotopic (exact) mass is 405 g/mol. The van der Waals surface area contributed by atoms with Gasteiger partial charge in [-0.3, -0.25) is 9.59 Å². The van der Waals surface area contributed by atoms with Gasteiger partial charge in [0.25, 0.3) is 5.91 Å². The third kappa shape index (κ3) is 5.37. The molecule has 29 heavy (non-hydrogen) atoms. The summed E-state index contributed by atoms with van der Waals surface area (Å²) in [6.07, 6.45) is -4.86. The molecule has 0 fully saturated rings. The Kier molecular flexibility index (Phi) is 5.91. The van der Waals surface area contributed by atoms with Crippen molar-refractivity contribution in [2.24, 2.45) is 0 Å². The van der Waals surface area contributed by atoms with Gasteiger partial charge in [-0.2, -0.15) is 13.2 Å². The number of hydrogen-bond donors (Lipinski definition) is 1. The lowest BCUT2D eigenvalue weighted by molar-refractivity contribution is -0.148. The highest BCUT2D eigenvalue weighted by atomic mass is 19.4. The van der Waals surface area contributed by atoms with Crippen LogP contribution in [0.15, 0.2) is 59.0 Å². The minimum absolute atomic E-state index is 0.154. The van der Waals surface area contributed by atoms with Crippen LogP contribution in [0.25, 0.3) is 11.0 Å². The molecule has 3 aromatic rings. The van der Waals surface area contributed by atoms with Gasteiger partial charge in [0.2, 0.25) is 0 Å². The molecule has 0 aliphatic heterocycles. The van der Waals surface area contributed by atoms with E-state index >= 15 is 0 Å². The summed E-state index contributed by atoms with van der Waals surface area (Å²) in [6, 6.07) is 13.2. The van der Waals surface area contributed by atoms with Gasteiger partial charge in [0.05, 0.1) is 18.0 Å². The first kappa shape index (κ1) is 20.4. The summed E-state index contributed by atoms with van der Waals surface area (Å²) in [5.41, 5.74) is -0.00260. The Morgan fingerprint density at radius 1 is 1.10 bits per heavy atom. The van der Waals surface area contributed by atoms with Gasteiger partial charge < -0.3 is 14.5 Å². The molecule has 0 bridgehead atoms. The first-order valence-electron chi connectivity index (χ1n) is 8.82. The van der Waals surface area contributed by atoms with Crippen LogP contribution >= 0.6 is 0 Å². The summed E-state index contributed by atoms with van der Waals surface area (Å²) >= 11 is 0. The fourth-order valence-electron chi connectivity index (χ4n) is 2.79. The molecule has 1 heterocycles. The van der Waals surface area contributed by atoms with Gasteiger partial charge >= 0.3 is 12.1 Å². The van der Waals surface area contributed by atoms with E-state index in [1.165, 1.54) is 12.1 Å². The minimum atomic E-state index is -4.49. The summed E-state index contributed by atoms with van der Waals surface area (Å²) in [4.78, 5) is 23.9. The molecule has 0 unspecified atom stereocenters. The van der Waals surface area contributed by atoms with Crippen molar-refractivity contribution in [2.75, 3.05) is 6.61 Å². The molecular weight excluding hydrogens is 387 g/mol. The van der Waals surface area contributed by atoms with Gasteiger partial charge in [-0.25, -0.2) is 0 Å². The summed E-state index contributed by atoms with van der Waals surface area (Å²) in [6.45, 7) is 1.18. The predicted octanol–water partition coefficient (Wildman–Crippen LogP) is 4.41. The Labute approximate surface area is 164 Å². The van der Waals surface area contributed by atoms with Crippen LogP contribution in [0.3, 0.4) is 0 Å². The Bertz CT molecular complexity index is 993. The third-order valence-electron chi connectivity index (χ3n) is 4.22. The fourth-order valence-corrected chi connectivity index (χ4v) is 2.79.